The minimum Gasteiger partial charge on any atom is -0.481 e. The Morgan fingerprint density at radius 1 is 0.872 bits per heavy atom. The Hall–Kier alpha value is -2.95. The first-order valence-corrected chi connectivity index (χ1v) is 17.3. The van der Waals surface area contributed by atoms with Crippen molar-refractivity contribution in [1.29, 1.82) is 0 Å². The van der Waals surface area contributed by atoms with E-state index in [4.69, 9.17) is 14.2 Å². The lowest BCUT2D eigenvalue weighted by molar-refractivity contribution is -0.171. The molecule has 1 aliphatic heterocycles. The molecule has 0 radical (unpaired) electrons. The van der Waals surface area contributed by atoms with Gasteiger partial charge in [0.05, 0.1) is 22.9 Å². The van der Waals surface area contributed by atoms with E-state index >= 15 is 0 Å². The zero-order valence-electron chi connectivity index (χ0n) is 30.0. The first kappa shape index (κ1) is 42.1. The number of carbonyl (C=O) groups excluding carboxylic acids is 4. The monoisotopic (exact) mass is 667 g/mol. The van der Waals surface area contributed by atoms with E-state index in [0.29, 0.717) is 19.4 Å². The fourth-order valence-electron chi connectivity index (χ4n) is 6.49. The highest BCUT2D eigenvalue weighted by molar-refractivity contribution is 5.87. The van der Waals surface area contributed by atoms with E-state index in [1.807, 2.05) is 6.92 Å². The molecule has 0 aromatic heterocycles. The van der Waals surface area contributed by atoms with Gasteiger partial charge in [0.25, 0.3) is 0 Å². The van der Waals surface area contributed by atoms with Gasteiger partial charge in [-0.3, -0.25) is 19.2 Å². The van der Waals surface area contributed by atoms with Crippen molar-refractivity contribution in [2.75, 3.05) is 26.4 Å². The molecular formula is C36H61NO10. The third-order valence-electron chi connectivity index (χ3n) is 9.37. The number of hydrogen-bond donors (Lipinski definition) is 2. The number of unbranched alkanes of at least 4 members (excludes halogenated alkanes) is 6. The molecule has 47 heavy (non-hydrogen) atoms. The maximum Gasteiger partial charge on any atom is 0.333 e. The van der Waals surface area contributed by atoms with Gasteiger partial charge in [0.15, 0.2) is 0 Å². The molecule has 1 amide bonds. The van der Waals surface area contributed by atoms with Gasteiger partial charge in [-0.05, 0) is 73.1 Å². The second kappa shape index (κ2) is 19.8. The molecule has 0 spiro atoms. The third kappa shape index (κ3) is 13.6. The van der Waals surface area contributed by atoms with E-state index in [1.54, 1.807) is 32.6 Å². The molecule has 5 unspecified atom stereocenters. The Morgan fingerprint density at radius 2 is 1.43 bits per heavy atom. The average Bonchev–Trinajstić information content (AvgIpc) is 3.45. The van der Waals surface area contributed by atoms with E-state index < -0.39 is 59.4 Å². The highest BCUT2D eigenvalue weighted by Gasteiger charge is 2.52. The van der Waals surface area contributed by atoms with E-state index in [9.17, 15) is 34.2 Å². The molecule has 270 valence electrons. The first-order valence-electron chi connectivity index (χ1n) is 17.3. The number of carboxylic acids is 1. The minimum absolute atomic E-state index is 0.00392. The number of aliphatic hydroxyl groups excluding tert-OH is 1. The van der Waals surface area contributed by atoms with Crippen molar-refractivity contribution < 1.29 is 48.4 Å². The maximum atomic E-state index is 13.9. The molecule has 0 aliphatic carbocycles. The molecule has 1 rings (SSSR count). The molecule has 0 aromatic rings. The highest BCUT2D eigenvalue weighted by atomic mass is 16.6. The predicted octanol–water partition coefficient (Wildman–Crippen LogP) is 6.00. The lowest BCUT2D eigenvalue weighted by Gasteiger charge is -2.42. The summed E-state index contributed by atoms with van der Waals surface area (Å²) in [4.78, 5) is 66.3. The lowest BCUT2D eigenvalue weighted by atomic mass is 9.63. The summed E-state index contributed by atoms with van der Waals surface area (Å²) in [6, 6.07) is -0.330. The quantitative estimate of drug-likeness (QED) is 0.0542. The van der Waals surface area contributed by atoms with Crippen molar-refractivity contribution in [2.45, 2.75) is 144 Å². The second-order valence-electron chi connectivity index (χ2n) is 14.3. The number of carbonyl (C=O) groups is 5. The molecular weight excluding hydrogens is 606 g/mol. The van der Waals surface area contributed by atoms with Crippen LogP contribution in [-0.2, 0) is 38.2 Å². The van der Waals surface area contributed by atoms with Crippen molar-refractivity contribution in [2.24, 2.45) is 16.2 Å². The number of nitrogens with zero attached hydrogens (tertiary/aromatic N) is 1. The van der Waals surface area contributed by atoms with E-state index in [0.717, 1.165) is 25.7 Å². The van der Waals surface area contributed by atoms with E-state index in [-0.39, 0.29) is 49.8 Å². The summed E-state index contributed by atoms with van der Waals surface area (Å²) in [5.74, 6) is -3.09. The third-order valence-corrected chi connectivity index (χ3v) is 9.37. The molecule has 1 fully saturated rings. The van der Waals surface area contributed by atoms with Gasteiger partial charge in [0.2, 0.25) is 5.91 Å². The SMILES string of the molecule is C=C(C)C(=O)OCC(O)COC(=O)C(C)(CC(C)(CC)C(=O)O)CC(C)(CC(C)N1CCCC1=O)C(=O)OCCCCCCCCC. The van der Waals surface area contributed by atoms with Crippen LogP contribution in [0.3, 0.4) is 0 Å². The molecule has 1 saturated heterocycles. The van der Waals surface area contributed by atoms with Crippen molar-refractivity contribution in [3.63, 3.8) is 0 Å². The topological polar surface area (TPSA) is 157 Å². The van der Waals surface area contributed by atoms with Gasteiger partial charge < -0.3 is 29.3 Å². The molecule has 0 aromatic carbocycles. The van der Waals surface area contributed by atoms with E-state index in [1.165, 1.54) is 26.2 Å². The van der Waals surface area contributed by atoms with Gasteiger partial charge in [0, 0.05) is 24.6 Å². The molecule has 0 saturated carbocycles. The van der Waals surface area contributed by atoms with Crippen LogP contribution < -0.4 is 0 Å². The summed E-state index contributed by atoms with van der Waals surface area (Å²) in [6.45, 7) is 15.4. The van der Waals surface area contributed by atoms with Crippen molar-refractivity contribution in [1.82, 2.24) is 4.90 Å². The number of aliphatic carboxylic acids is 1. The Morgan fingerprint density at radius 3 is 1.96 bits per heavy atom. The number of esters is 3. The number of rotatable bonds is 24. The highest BCUT2D eigenvalue weighted by Crippen LogP contribution is 2.47. The standard InChI is InChI=1S/C36H61NO10/c1-9-11-12-13-14-15-16-20-45-32(43)35(7,21-27(5)37-19-17-18-29(37)39)25-36(8,24-34(6,10-2)31(41)42)33(44)47-23-28(38)22-46-30(40)26(3)4/h27-28,38H,3,9-25H2,1-2,4-8H3,(H,41,42). The summed E-state index contributed by atoms with van der Waals surface area (Å²) in [7, 11) is 0. The van der Waals surface area contributed by atoms with Crippen molar-refractivity contribution >= 4 is 29.8 Å². The Balaban J connectivity index is 3.28. The van der Waals surface area contributed by atoms with Crippen molar-refractivity contribution in [3.8, 4) is 0 Å². The lowest BCUT2D eigenvalue weighted by Crippen LogP contribution is -2.47. The zero-order valence-corrected chi connectivity index (χ0v) is 30.0. The summed E-state index contributed by atoms with van der Waals surface area (Å²) < 4.78 is 16.3. The number of ether oxygens (including phenoxy) is 3. The van der Waals surface area contributed by atoms with Crippen LogP contribution >= 0.6 is 0 Å². The molecule has 5 atom stereocenters. The summed E-state index contributed by atoms with van der Waals surface area (Å²) in [5, 5.41) is 20.5. The average molecular weight is 668 g/mol. The molecule has 11 heteroatoms. The first-order chi connectivity index (χ1) is 21.9. The number of likely N-dealkylation sites (tertiary alicyclic amines) is 1. The van der Waals surface area contributed by atoms with Gasteiger partial charge in [-0.15, -0.1) is 0 Å². The van der Waals surface area contributed by atoms with Crippen LogP contribution in [0, 0.1) is 16.2 Å². The predicted molar refractivity (Wildman–Crippen MR) is 178 cm³/mol. The molecule has 1 aliphatic rings. The molecule has 0 bridgehead atoms. The van der Waals surface area contributed by atoms with Gasteiger partial charge in [-0.25, -0.2) is 4.79 Å². The summed E-state index contributed by atoms with van der Waals surface area (Å²) in [6.07, 6.45) is 7.34. The minimum atomic E-state index is -1.50. The van der Waals surface area contributed by atoms with Gasteiger partial charge in [0.1, 0.15) is 19.3 Å². The van der Waals surface area contributed by atoms with Crippen LogP contribution in [0.1, 0.15) is 132 Å². The Bertz CT molecular complexity index is 1080. The number of amides is 1. The fraction of sp³-hybridized carbons (Fsp3) is 0.806. The zero-order chi connectivity index (χ0) is 35.8. The van der Waals surface area contributed by atoms with Crippen LogP contribution in [0.5, 0.6) is 0 Å². The Labute approximate surface area is 281 Å². The van der Waals surface area contributed by atoms with Crippen molar-refractivity contribution in [3.05, 3.63) is 12.2 Å². The number of carboxylic acid groups (broad SMARTS) is 1. The fourth-order valence-corrected chi connectivity index (χ4v) is 6.49. The number of hydrogen-bond acceptors (Lipinski definition) is 9. The number of aliphatic hydroxyl groups is 1. The largest absolute Gasteiger partial charge is 0.481 e. The van der Waals surface area contributed by atoms with Crippen LogP contribution in [-0.4, -0.2) is 83.4 Å². The van der Waals surface area contributed by atoms with Gasteiger partial charge in [-0.1, -0.05) is 59.0 Å². The second-order valence-corrected chi connectivity index (χ2v) is 14.3. The van der Waals surface area contributed by atoms with Gasteiger partial charge >= 0.3 is 23.9 Å². The molecule has 2 N–H and O–H groups in total. The Kier molecular flexibility index (Phi) is 17.7. The smallest absolute Gasteiger partial charge is 0.333 e. The van der Waals surface area contributed by atoms with Crippen LogP contribution in [0.2, 0.25) is 0 Å². The molecule has 1 heterocycles. The van der Waals surface area contributed by atoms with E-state index in [2.05, 4.69) is 13.5 Å². The maximum absolute atomic E-state index is 13.9. The summed E-state index contributed by atoms with van der Waals surface area (Å²) >= 11 is 0. The van der Waals surface area contributed by atoms with Crippen LogP contribution in [0.25, 0.3) is 0 Å². The van der Waals surface area contributed by atoms with Crippen LogP contribution in [0.15, 0.2) is 12.2 Å². The normalized spacial score (nSPS) is 18.3. The summed E-state index contributed by atoms with van der Waals surface area (Å²) in [5.41, 5.74) is -3.96. The van der Waals surface area contributed by atoms with Gasteiger partial charge in [-0.2, -0.15) is 0 Å². The molecule has 11 nitrogen and oxygen atoms in total. The van der Waals surface area contributed by atoms with Crippen LogP contribution in [0.4, 0.5) is 0 Å².